The minimum Gasteiger partial charge on any atom is -0.507 e. The van der Waals surface area contributed by atoms with Crippen molar-refractivity contribution in [1.29, 1.82) is 0 Å². The van der Waals surface area contributed by atoms with Gasteiger partial charge >= 0.3 is 0 Å². The quantitative estimate of drug-likeness (QED) is 0.658. The van der Waals surface area contributed by atoms with E-state index >= 15 is 0 Å². The van der Waals surface area contributed by atoms with E-state index in [1.165, 1.54) is 23.4 Å². The second kappa shape index (κ2) is 7.24. The van der Waals surface area contributed by atoms with E-state index < -0.39 is 0 Å². The van der Waals surface area contributed by atoms with Crippen LogP contribution in [0.25, 0.3) is 0 Å². The van der Waals surface area contributed by atoms with Crippen LogP contribution < -0.4 is 0 Å². The maximum absolute atomic E-state index is 13.0. The van der Waals surface area contributed by atoms with Crippen molar-refractivity contribution >= 4 is 17.7 Å². The molecule has 142 valence electrons. The van der Waals surface area contributed by atoms with E-state index in [1.807, 2.05) is 50.2 Å². The first-order valence-corrected chi connectivity index (χ1v) is 9.91. The van der Waals surface area contributed by atoms with Crippen LogP contribution in [0, 0.1) is 13.8 Å². The Morgan fingerprint density at radius 3 is 2.21 bits per heavy atom. The molecule has 0 atom stereocenters. The first-order chi connectivity index (χ1) is 13.4. The van der Waals surface area contributed by atoms with E-state index in [0.29, 0.717) is 18.0 Å². The zero-order valence-electron chi connectivity index (χ0n) is 15.8. The van der Waals surface area contributed by atoms with E-state index in [9.17, 15) is 15.0 Å². The highest BCUT2D eigenvalue weighted by Crippen LogP contribution is 2.40. The summed E-state index contributed by atoms with van der Waals surface area (Å²) in [6.45, 7) is 5.09. The van der Waals surface area contributed by atoms with Crippen molar-refractivity contribution in [3.8, 4) is 11.5 Å². The first-order valence-electron chi connectivity index (χ1n) is 9.09. The SMILES string of the molecule is Cc1ccc(Sc2cc(C(=O)N3Cc4ccccc4C3)c(O)cc2O)c(C)c1. The summed E-state index contributed by atoms with van der Waals surface area (Å²) in [5, 5.41) is 20.6. The van der Waals surface area contributed by atoms with Crippen LogP contribution in [0.1, 0.15) is 32.6 Å². The highest BCUT2D eigenvalue weighted by Gasteiger charge is 2.26. The maximum Gasteiger partial charge on any atom is 0.258 e. The lowest BCUT2D eigenvalue weighted by atomic mass is 10.1. The van der Waals surface area contributed by atoms with E-state index in [4.69, 9.17) is 0 Å². The van der Waals surface area contributed by atoms with Gasteiger partial charge in [-0.2, -0.15) is 0 Å². The number of carbonyl (C=O) groups excluding carboxylic acids is 1. The Hall–Kier alpha value is -2.92. The molecule has 0 aromatic heterocycles. The van der Waals surface area contributed by atoms with Crippen molar-refractivity contribution in [2.24, 2.45) is 0 Å². The molecule has 4 rings (SSSR count). The molecule has 0 saturated heterocycles. The largest absolute Gasteiger partial charge is 0.507 e. The molecule has 1 aliphatic heterocycles. The third kappa shape index (κ3) is 3.45. The van der Waals surface area contributed by atoms with Gasteiger partial charge in [-0.3, -0.25) is 4.79 Å². The number of nitrogens with zero attached hydrogens (tertiary/aromatic N) is 1. The van der Waals surface area contributed by atoms with Gasteiger partial charge in [-0.25, -0.2) is 0 Å². The van der Waals surface area contributed by atoms with Crippen molar-refractivity contribution in [2.45, 2.75) is 36.7 Å². The molecular weight excluding hydrogens is 370 g/mol. The Bertz CT molecular complexity index is 1050. The van der Waals surface area contributed by atoms with Crippen LogP contribution in [-0.2, 0) is 13.1 Å². The lowest BCUT2D eigenvalue weighted by Gasteiger charge is -2.17. The zero-order chi connectivity index (χ0) is 19.8. The molecule has 0 radical (unpaired) electrons. The molecule has 0 unspecified atom stereocenters. The summed E-state index contributed by atoms with van der Waals surface area (Å²) in [7, 11) is 0. The van der Waals surface area contributed by atoms with Gasteiger partial charge in [0.05, 0.1) is 10.5 Å². The average molecular weight is 391 g/mol. The monoisotopic (exact) mass is 391 g/mol. The summed E-state index contributed by atoms with van der Waals surface area (Å²) in [6.07, 6.45) is 0. The predicted molar refractivity (Wildman–Crippen MR) is 110 cm³/mol. The number of aryl methyl sites for hydroxylation is 2. The minimum atomic E-state index is -0.240. The topological polar surface area (TPSA) is 60.8 Å². The third-order valence-electron chi connectivity index (χ3n) is 4.99. The Morgan fingerprint density at radius 1 is 0.893 bits per heavy atom. The number of amides is 1. The third-order valence-corrected chi connectivity index (χ3v) is 6.21. The number of phenols is 2. The van der Waals surface area contributed by atoms with Crippen molar-refractivity contribution in [3.05, 3.63) is 82.4 Å². The molecule has 0 spiro atoms. The van der Waals surface area contributed by atoms with Gasteiger partial charge in [-0.15, -0.1) is 0 Å². The lowest BCUT2D eigenvalue weighted by molar-refractivity contribution is 0.0748. The molecule has 0 saturated carbocycles. The number of phenolic OH excluding ortho intramolecular Hbond substituents is 2. The molecule has 2 N–H and O–H groups in total. The van der Waals surface area contributed by atoms with Crippen LogP contribution >= 0.6 is 11.8 Å². The number of benzene rings is 3. The smallest absolute Gasteiger partial charge is 0.258 e. The fourth-order valence-electron chi connectivity index (χ4n) is 3.49. The maximum atomic E-state index is 13.0. The molecule has 0 aliphatic carbocycles. The standard InChI is InChI=1S/C23H21NO3S/c1-14-7-8-21(15(2)9-14)28-22-10-18(19(25)11-20(22)26)23(27)24-12-16-5-3-4-6-17(16)13-24/h3-11,25-26H,12-13H2,1-2H3. The second-order valence-corrected chi connectivity index (χ2v) is 8.22. The fourth-order valence-corrected chi connectivity index (χ4v) is 4.42. The number of hydrogen-bond donors (Lipinski definition) is 2. The lowest BCUT2D eigenvalue weighted by Crippen LogP contribution is -2.25. The number of carbonyl (C=O) groups is 1. The predicted octanol–water partition coefficient (Wildman–Crippen LogP) is 5.02. The van der Waals surface area contributed by atoms with Gasteiger partial charge in [0.2, 0.25) is 0 Å². The van der Waals surface area contributed by atoms with Gasteiger partial charge in [0.1, 0.15) is 11.5 Å². The van der Waals surface area contributed by atoms with Gasteiger partial charge in [0.25, 0.3) is 5.91 Å². The first kappa shape index (κ1) is 18.4. The van der Waals surface area contributed by atoms with Crippen molar-refractivity contribution in [1.82, 2.24) is 4.90 Å². The molecule has 3 aromatic carbocycles. The molecule has 0 fully saturated rings. The average Bonchev–Trinajstić information content (AvgIpc) is 3.09. The van der Waals surface area contributed by atoms with Gasteiger partial charge in [-0.1, -0.05) is 53.7 Å². The van der Waals surface area contributed by atoms with Crippen molar-refractivity contribution in [3.63, 3.8) is 0 Å². The summed E-state index contributed by atoms with van der Waals surface area (Å²) in [5.41, 5.74) is 4.72. The van der Waals surface area contributed by atoms with Gasteiger partial charge in [0, 0.05) is 24.1 Å². The normalized spacial score (nSPS) is 12.9. The molecule has 3 aromatic rings. The van der Waals surface area contributed by atoms with Crippen molar-refractivity contribution in [2.75, 3.05) is 0 Å². The second-order valence-electron chi connectivity index (χ2n) is 7.14. The summed E-state index contributed by atoms with van der Waals surface area (Å²) in [5.74, 6) is -0.483. The Balaban J connectivity index is 1.63. The molecule has 1 amide bonds. The summed E-state index contributed by atoms with van der Waals surface area (Å²) in [4.78, 5) is 16.3. The van der Waals surface area contributed by atoms with Crippen molar-refractivity contribution < 1.29 is 15.0 Å². The van der Waals surface area contributed by atoms with Gasteiger partial charge < -0.3 is 15.1 Å². The van der Waals surface area contributed by atoms with Crippen LogP contribution in [0.4, 0.5) is 0 Å². The summed E-state index contributed by atoms with van der Waals surface area (Å²) >= 11 is 1.39. The molecule has 28 heavy (non-hydrogen) atoms. The van der Waals surface area contributed by atoms with Crippen LogP contribution in [0.2, 0.25) is 0 Å². The van der Waals surface area contributed by atoms with E-state index in [0.717, 1.165) is 21.6 Å². The highest BCUT2D eigenvalue weighted by atomic mass is 32.2. The van der Waals surface area contributed by atoms with Gasteiger partial charge in [-0.05, 0) is 42.7 Å². The molecule has 4 nitrogen and oxygen atoms in total. The highest BCUT2D eigenvalue weighted by molar-refractivity contribution is 7.99. The Labute approximate surface area is 168 Å². The van der Waals surface area contributed by atoms with Crippen LogP contribution in [0.3, 0.4) is 0 Å². The fraction of sp³-hybridized carbons (Fsp3) is 0.174. The minimum absolute atomic E-state index is 0.0382. The van der Waals surface area contributed by atoms with Crippen LogP contribution in [0.15, 0.2) is 64.4 Å². The van der Waals surface area contributed by atoms with Gasteiger partial charge in [0.15, 0.2) is 0 Å². The molecular formula is C23H21NO3S. The summed E-state index contributed by atoms with van der Waals surface area (Å²) < 4.78 is 0. The number of hydrogen-bond acceptors (Lipinski definition) is 4. The molecule has 5 heteroatoms. The molecule has 1 aliphatic rings. The zero-order valence-corrected chi connectivity index (χ0v) is 16.6. The molecule has 0 bridgehead atoms. The van der Waals surface area contributed by atoms with Crippen LogP contribution in [-0.4, -0.2) is 21.0 Å². The van der Waals surface area contributed by atoms with E-state index in [1.54, 1.807) is 11.0 Å². The number of aromatic hydroxyl groups is 2. The van der Waals surface area contributed by atoms with Crippen LogP contribution in [0.5, 0.6) is 11.5 Å². The molecule has 1 heterocycles. The van der Waals surface area contributed by atoms with E-state index in [-0.39, 0.29) is 23.0 Å². The Morgan fingerprint density at radius 2 is 1.57 bits per heavy atom. The summed E-state index contributed by atoms with van der Waals surface area (Å²) in [6, 6.07) is 16.9. The number of rotatable bonds is 3. The number of fused-ring (bicyclic) bond motifs is 1. The van der Waals surface area contributed by atoms with E-state index in [2.05, 4.69) is 6.07 Å². The Kier molecular flexibility index (Phi) is 4.77.